The second-order valence-electron chi connectivity index (χ2n) is 4.59. The van der Waals surface area contributed by atoms with Gasteiger partial charge in [-0.3, -0.25) is 0 Å². The summed E-state index contributed by atoms with van der Waals surface area (Å²) in [6, 6.07) is 0.917. The molecular weight excluding hydrogens is 202 g/mol. The van der Waals surface area contributed by atoms with E-state index in [0.29, 0.717) is 0 Å². The minimum Gasteiger partial charge on any atom is -1.00 e. The Labute approximate surface area is 81.1 Å². The van der Waals surface area contributed by atoms with Gasteiger partial charge in [-0.2, -0.15) is 0 Å². The molecule has 0 aromatic heterocycles. The lowest BCUT2D eigenvalue weighted by Crippen LogP contribution is -3.00. The standard InChI is InChI=1S/C9H20N.BrH/c1-8-6-5-7-9(8)10(2,3)4;/h8-9H,5-7H2,1-4H3;1H/q+1;/p-1. The first-order valence-electron chi connectivity index (χ1n) is 4.33. The molecule has 0 aromatic rings. The summed E-state index contributed by atoms with van der Waals surface area (Å²) in [4.78, 5) is 0. The maximum absolute atomic E-state index is 2.39. The summed E-state index contributed by atoms with van der Waals surface area (Å²) >= 11 is 0. The molecule has 1 rings (SSSR count). The van der Waals surface area contributed by atoms with Gasteiger partial charge in [-0.15, -0.1) is 0 Å². The first kappa shape index (κ1) is 11.4. The fraction of sp³-hybridized carbons (Fsp3) is 1.00. The molecule has 0 aromatic carbocycles. The van der Waals surface area contributed by atoms with Crippen molar-refractivity contribution in [3.05, 3.63) is 0 Å². The zero-order valence-electron chi connectivity index (χ0n) is 8.10. The van der Waals surface area contributed by atoms with Crippen LogP contribution in [0.3, 0.4) is 0 Å². The summed E-state index contributed by atoms with van der Waals surface area (Å²) < 4.78 is 1.15. The van der Waals surface area contributed by atoms with Crippen molar-refractivity contribution in [2.24, 2.45) is 5.92 Å². The fourth-order valence-corrected chi connectivity index (χ4v) is 2.28. The summed E-state index contributed by atoms with van der Waals surface area (Å²) in [7, 11) is 6.94. The Morgan fingerprint density at radius 2 is 1.64 bits per heavy atom. The topological polar surface area (TPSA) is 0 Å². The van der Waals surface area contributed by atoms with Crippen LogP contribution in [0.15, 0.2) is 0 Å². The molecule has 0 N–H and O–H groups in total. The summed E-state index contributed by atoms with van der Waals surface area (Å²) in [6.07, 6.45) is 4.33. The van der Waals surface area contributed by atoms with Crippen molar-refractivity contribution < 1.29 is 21.5 Å². The van der Waals surface area contributed by atoms with Gasteiger partial charge in [0.05, 0.1) is 27.2 Å². The lowest BCUT2D eigenvalue weighted by molar-refractivity contribution is -0.898. The lowest BCUT2D eigenvalue weighted by Gasteiger charge is -2.34. The monoisotopic (exact) mass is 221 g/mol. The number of nitrogens with zero attached hydrogens (tertiary/aromatic N) is 1. The Kier molecular flexibility index (Phi) is 4.06. The average molecular weight is 222 g/mol. The van der Waals surface area contributed by atoms with E-state index >= 15 is 0 Å². The normalized spacial score (nSPS) is 31.6. The third-order valence-corrected chi connectivity index (χ3v) is 2.81. The van der Waals surface area contributed by atoms with E-state index in [1.807, 2.05) is 0 Å². The molecule has 1 nitrogen and oxygen atoms in total. The highest BCUT2D eigenvalue weighted by Gasteiger charge is 2.33. The highest BCUT2D eigenvalue weighted by atomic mass is 79.9. The molecule has 1 aliphatic carbocycles. The highest BCUT2D eigenvalue weighted by Crippen LogP contribution is 2.30. The van der Waals surface area contributed by atoms with Crippen LogP contribution in [0.2, 0.25) is 0 Å². The van der Waals surface area contributed by atoms with Crippen molar-refractivity contribution in [3.8, 4) is 0 Å². The molecule has 2 heteroatoms. The molecule has 0 spiro atoms. The zero-order valence-corrected chi connectivity index (χ0v) is 9.69. The van der Waals surface area contributed by atoms with Gasteiger partial charge in [-0.25, -0.2) is 0 Å². The van der Waals surface area contributed by atoms with Crippen LogP contribution in [0.5, 0.6) is 0 Å². The van der Waals surface area contributed by atoms with Crippen molar-refractivity contribution in [2.75, 3.05) is 21.1 Å². The molecule has 2 atom stereocenters. The Bertz CT molecular complexity index is 117. The van der Waals surface area contributed by atoms with E-state index in [-0.39, 0.29) is 17.0 Å². The molecule has 68 valence electrons. The van der Waals surface area contributed by atoms with Crippen molar-refractivity contribution >= 4 is 0 Å². The van der Waals surface area contributed by atoms with Gasteiger partial charge in [0.25, 0.3) is 0 Å². The van der Waals surface area contributed by atoms with Crippen molar-refractivity contribution in [1.82, 2.24) is 0 Å². The van der Waals surface area contributed by atoms with Crippen LogP contribution in [-0.4, -0.2) is 31.7 Å². The maximum atomic E-state index is 2.39. The van der Waals surface area contributed by atoms with E-state index in [0.717, 1.165) is 16.4 Å². The number of quaternary nitrogens is 1. The van der Waals surface area contributed by atoms with Gasteiger partial charge >= 0.3 is 0 Å². The summed E-state index contributed by atoms with van der Waals surface area (Å²) in [5.74, 6) is 0.944. The number of hydrogen-bond donors (Lipinski definition) is 0. The number of hydrogen-bond acceptors (Lipinski definition) is 0. The SMILES string of the molecule is CC1CCCC1[N+](C)(C)C.[Br-]. The second-order valence-corrected chi connectivity index (χ2v) is 4.59. The molecule has 0 amide bonds. The molecular formula is C9H20BrN. The summed E-state index contributed by atoms with van der Waals surface area (Å²) in [5.41, 5.74) is 0. The van der Waals surface area contributed by atoms with Gasteiger partial charge in [0.1, 0.15) is 0 Å². The molecule has 1 saturated carbocycles. The van der Waals surface area contributed by atoms with Gasteiger partial charge in [-0.05, 0) is 19.3 Å². The maximum Gasteiger partial charge on any atom is 0.0909 e. The molecule has 0 bridgehead atoms. The Morgan fingerprint density at radius 1 is 1.09 bits per heavy atom. The Morgan fingerprint density at radius 3 is 1.82 bits per heavy atom. The summed E-state index contributed by atoms with van der Waals surface area (Å²) in [6.45, 7) is 2.39. The van der Waals surface area contributed by atoms with Crippen LogP contribution in [0.1, 0.15) is 26.2 Å². The molecule has 11 heavy (non-hydrogen) atoms. The third kappa shape index (κ3) is 2.75. The second kappa shape index (κ2) is 3.90. The van der Waals surface area contributed by atoms with Crippen LogP contribution in [-0.2, 0) is 0 Å². The van der Waals surface area contributed by atoms with E-state index in [4.69, 9.17) is 0 Å². The Hall–Kier alpha value is 0.440. The number of halogens is 1. The first-order valence-corrected chi connectivity index (χ1v) is 4.33. The Balaban J connectivity index is 0.000001000. The number of rotatable bonds is 1. The van der Waals surface area contributed by atoms with Gasteiger partial charge < -0.3 is 21.5 Å². The molecule has 2 unspecified atom stereocenters. The molecule has 0 heterocycles. The van der Waals surface area contributed by atoms with Crippen LogP contribution in [0.25, 0.3) is 0 Å². The molecule has 1 fully saturated rings. The largest absolute Gasteiger partial charge is 1.00 e. The predicted octanol–water partition coefficient (Wildman–Crippen LogP) is -1.11. The quantitative estimate of drug-likeness (QED) is 0.493. The lowest BCUT2D eigenvalue weighted by atomic mass is 10.0. The fourth-order valence-electron chi connectivity index (χ4n) is 2.28. The van der Waals surface area contributed by atoms with E-state index in [1.54, 1.807) is 0 Å². The average Bonchev–Trinajstić information content (AvgIpc) is 2.11. The van der Waals surface area contributed by atoms with E-state index in [2.05, 4.69) is 28.1 Å². The molecule has 0 saturated heterocycles. The van der Waals surface area contributed by atoms with Gasteiger partial charge in [0.15, 0.2) is 0 Å². The van der Waals surface area contributed by atoms with Gasteiger partial charge in [0.2, 0.25) is 0 Å². The molecule has 0 aliphatic heterocycles. The first-order chi connectivity index (χ1) is 4.52. The zero-order chi connectivity index (χ0) is 7.78. The van der Waals surface area contributed by atoms with E-state index < -0.39 is 0 Å². The minimum atomic E-state index is 0. The van der Waals surface area contributed by atoms with Gasteiger partial charge in [0, 0.05) is 5.92 Å². The molecule has 0 radical (unpaired) electrons. The highest BCUT2D eigenvalue weighted by molar-refractivity contribution is 4.74. The van der Waals surface area contributed by atoms with Gasteiger partial charge in [-0.1, -0.05) is 6.92 Å². The third-order valence-electron chi connectivity index (χ3n) is 2.81. The van der Waals surface area contributed by atoms with Crippen molar-refractivity contribution in [3.63, 3.8) is 0 Å². The smallest absolute Gasteiger partial charge is 0.0909 e. The van der Waals surface area contributed by atoms with Crippen LogP contribution in [0.4, 0.5) is 0 Å². The van der Waals surface area contributed by atoms with Crippen LogP contribution in [0, 0.1) is 5.92 Å². The van der Waals surface area contributed by atoms with Crippen molar-refractivity contribution in [1.29, 1.82) is 0 Å². The summed E-state index contributed by atoms with van der Waals surface area (Å²) in [5, 5.41) is 0. The van der Waals surface area contributed by atoms with E-state index in [9.17, 15) is 0 Å². The predicted molar refractivity (Wildman–Crippen MR) is 44.8 cm³/mol. The minimum absolute atomic E-state index is 0. The van der Waals surface area contributed by atoms with Crippen molar-refractivity contribution in [2.45, 2.75) is 32.2 Å². The van der Waals surface area contributed by atoms with Crippen LogP contribution < -0.4 is 17.0 Å². The van der Waals surface area contributed by atoms with E-state index in [1.165, 1.54) is 19.3 Å². The molecule has 1 aliphatic rings. The van der Waals surface area contributed by atoms with Crippen LogP contribution >= 0.6 is 0 Å².